The summed E-state index contributed by atoms with van der Waals surface area (Å²) in [6.07, 6.45) is -9.04. The third kappa shape index (κ3) is 15.1. The van der Waals surface area contributed by atoms with Crippen LogP contribution in [0.1, 0.15) is 12.5 Å². The first-order valence-corrected chi connectivity index (χ1v) is 22.5. The minimum absolute atomic E-state index is 0. The number of aromatic nitrogens is 8. The monoisotopic (exact) mass is 1030 g/mol. The van der Waals surface area contributed by atoms with Crippen LogP contribution in [0.25, 0.3) is 22.3 Å². The van der Waals surface area contributed by atoms with Gasteiger partial charge in [-0.1, -0.05) is 0 Å². The third-order valence-corrected chi connectivity index (χ3v) is 15.2. The molecule has 2 saturated heterocycles. The number of nitrogens with zero attached hydrogens (tertiary/aromatic N) is 8. The molecule has 4 aromatic heterocycles. The Bertz CT molecular complexity index is 2250. The number of aliphatic hydroxyl groups excluding tert-OH is 4. The van der Waals surface area contributed by atoms with Crippen molar-refractivity contribution in [2.75, 3.05) is 24.7 Å². The van der Waals surface area contributed by atoms with Crippen LogP contribution in [0.5, 0.6) is 0 Å². The topological polar surface area (TPSA) is 481 Å². The summed E-state index contributed by atoms with van der Waals surface area (Å²) >= 11 is 0. The molecule has 0 bridgehead atoms. The minimum atomic E-state index is -6.45. The number of nitrogen functional groups attached to an aromatic ring is 2. The largest absolute Gasteiger partial charge is 0.490 e. The molecule has 0 amide bonds. The Kier molecular flexibility index (Phi) is 24.4. The Morgan fingerprint density at radius 1 is 0.516 bits per heavy atom. The number of anilines is 2. The summed E-state index contributed by atoms with van der Waals surface area (Å²) in [4.78, 5) is 72.6. The molecule has 6 heterocycles. The maximum absolute atomic E-state index is 12.4. The van der Waals surface area contributed by atoms with Crippen molar-refractivity contribution in [1.82, 2.24) is 39.0 Å². The van der Waals surface area contributed by atoms with Crippen LogP contribution in [0, 0.1) is 0 Å². The molecule has 0 aliphatic carbocycles. The quantitative estimate of drug-likeness (QED) is 0.0374. The Morgan fingerprint density at radius 3 is 1.15 bits per heavy atom. The van der Waals surface area contributed by atoms with E-state index in [9.17, 15) is 67.7 Å². The van der Waals surface area contributed by atoms with Gasteiger partial charge in [0.15, 0.2) is 35.4 Å². The van der Waals surface area contributed by atoms with E-state index >= 15 is 0 Å². The predicted octanol–water partition coefficient (Wildman–Crippen LogP) is -4.23. The van der Waals surface area contributed by atoms with Crippen molar-refractivity contribution in [2.45, 2.75) is 49.1 Å². The van der Waals surface area contributed by atoms with Gasteiger partial charge in [-0.2, -0.15) is 17.2 Å². The molecule has 0 saturated carbocycles. The molecule has 12 atom stereocenters. The van der Waals surface area contributed by atoms with Crippen LogP contribution in [0.3, 0.4) is 0 Å². The fourth-order valence-corrected chi connectivity index (χ4v) is 11.6. The van der Waals surface area contributed by atoms with Crippen LogP contribution in [0.2, 0.25) is 0 Å². The summed E-state index contributed by atoms with van der Waals surface area (Å²) in [5.41, 5.74) is 11.7. The van der Waals surface area contributed by atoms with Gasteiger partial charge in [-0.25, -0.2) is 52.7 Å². The van der Waals surface area contributed by atoms with Crippen LogP contribution in [0.4, 0.5) is 11.6 Å². The van der Waals surface area contributed by atoms with Gasteiger partial charge < -0.3 is 65.8 Å². The number of phosphoric ester groups is 2. The molecule has 62 heavy (non-hydrogen) atoms. The van der Waals surface area contributed by atoms with Crippen LogP contribution in [0.15, 0.2) is 25.3 Å². The molecule has 42 heteroatoms. The summed E-state index contributed by atoms with van der Waals surface area (Å²) in [5, 5.41) is 41.8. The van der Waals surface area contributed by atoms with Gasteiger partial charge in [-0.15, -0.1) is 0 Å². The SMILES string of the molecule is Nc1ncnc2c1ncn2[C@@H]1O[C@H](COP(=O)(O)OP(=O)(O)OP(=O)(O)OP(=O)(O)OP(=O)(O)OC[C@H]2O[C@@H](n3cnc4c(N)ncnc43)[C@H](O)[C@@H]2O)[C@@H](O)[C@H]1O.[Na].[Na].[Na].[Na].[Na]. The van der Waals surface area contributed by atoms with Crippen molar-refractivity contribution in [1.29, 1.82) is 0 Å². The molecule has 4 unspecified atom stereocenters. The van der Waals surface area contributed by atoms with Gasteiger partial charge in [0.05, 0.1) is 25.9 Å². The van der Waals surface area contributed by atoms with Crippen LogP contribution >= 0.6 is 39.1 Å². The molecule has 2 aliphatic rings. The molecule has 2 fully saturated rings. The summed E-state index contributed by atoms with van der Waals surface area (Å²) in [6.45, 7) is -2.34. The Labute approximate surface area is 456 Å². The van der Waals surface area contributed by atoms with E-state index in [0.717, 1.165) is 34.4 Å². The molecular weight excluding hydrogens is 1000 g/mol. The van der Waals surface area contributed by atoms with E-state index < -0.39 is 101 Å². The molecule has 6 rings (SSSR count). The molecule has 13 N–H and O–H groups in total. The van der Waals surface area contributed by atoms with Gasteiger partial charge in [-0.05, 0) is 0 Å². The fourth-order valence-electron chi connectivity index (χ4n) is 5.25. The Hall–Kier alpha value is 2.17. The molecule has 5 radical (unpaired) electrons. The number of hydrogen-bond donors (Lipinski definition) is 11. The van der Waals surface area contributed by atoms with E-state index in [0.29, 0.717) is 0 Å². The number of rotatable bonds is 16. The minimum Gasteiger partial charge on any atom is -0.387 e. The molecule has 0 spiro atoms. The van der Waals surface area contributed by atoms with Crippen LogP contribution < -0.4 is 11.5 Å². The zero-order valence-corrected chi connectivity index (χ0v) is 47.1. The molecule has 4 aromatic rings. The van der Waals surface area contributed by atoms with E-state index in [1.165, 1.54) is 0 Å². The maximum Gasteiger partial charge on any atom is 0.490 e. The van der Waals surface area contributed by atoms with E-state index in [1.54, 1.807) is 0 Å². The van der Waals surface area contributed by atoms with E-state index in [4.69, 9.17) is 20.9 Å². The van der Waals surface area contributed by atoms with Crippen molar-refractivity contribution in [3.63, 3.8) is 0 Å². The normalized spacial score (nSPS) is 28.3. The number of ether oxygens (including phenoxy) is 2. The summed E-state index contributed by atoms with van der Waals surface area (Å²) in [6, 6.07) is 0. The van der Waals surface area contributed by atoms with Gasteiger partial charge in [0, 0.05) is 148 Å². The summed E-state index contributed by atoms with van der Waals surface area (Å²) < 4.78 is 98.9. The van der Waals surface area contributed by atoms with Gasteiger partial charge in [0.25, 0.3) is 0 Å². The van der Waals surface area contributed by atoms with Gasteiger partial charge in [0.2, 0.25) is 0 Å². The van der Waals surface area contributed by atoms with E-state index in [2.05, 4.69) is 56.2 Å². The molecule has 2 aliphatic heterocycles. The summed E-state index contributed by atoms with van der Waals surface area (Å²) in [7, 11) is -30.8. The number of aliphatic hydroxyl groups is 4. The summed E-state index contributed by atoms with van der Waals surface area (Å²) in [5.74, 6) is -0.0770. The van der Waals surface area contributed by atoms with Crippen LogP contribution in [-0.4, -0.2) is 282 Å². The standard InChI is InChI=1S/C20H29N10O22P5.5Na/c21-15-9-17(25-3-23-15)29(5-27-9)19-13(33)11(31)7(47-19)1-45-53(35,36)49-55(39,40)51-57(43,44)52-56(41,42)50-54(37,38)46-2-8-12(32)14(34)20(48-8)30-6-28-10-16(22)24-4-26-18(10)30;;;;;/h3-8,11-14,19-20,31-34H,1-2H2,(H,35,36)(H,37,38)(H,39,40)(H,41,42)(H,43,44)(H2,21,23,25)(H2,22,24,26);;;;;/t7-,8-,11-,12-,13-,14-,19-,20-;;;;;/m1...../s1. The molecular formula is C20H29N10Na5O22P5. The number of phosphoric acid groups is 5. The average Bonchev–Trinajstić information content (AvgIpc) is 3.83. The van der Waals surface area contributed by atoms with Crippen molar-refractivity contribution < 1.29 is 103 Å². The first kappa shape index (κ1) is 62.2. The van der Waals surface area contributed by atoms with Crippen molar-refractivity contribution in [3.05, 3.63) is 25.3 Å². The average molecular weight is 1030 g/mol. The van der Waals surface area contributed by atoms with Gasteiger partial charge in [0.1, 0.15) is 60.3 Å². The predicted molar refractivity (Wildman–Crippen MR) is 205 cm³/mol. The van der Waals surface area contributed by atoms with Crippen molar-refractivity contribution in [3.8, 4) is 0 Å². The number of imidazole rings is 2. The van der Waals surface area contributed by atoms with Gasteiger partial charge >= 0.3 is 39.1 Å². The second-order valence-corrected chi connectivity index (χ2v) is 19.3. The Morgan fingerprint density at radius 2 is 0.823 bits per heavy atom. The van der Waals surface area contributed by atoms with E-state index in [1.807, 2.05) is 0 Å². The van der Waals surface area contributed by atoms with Crippen LogP contribution in [-0.2, 0) is 58.6 Å². The zero-order chi connectivity index (χ0) is 41.9. The molecule has 321 valence electrons. The van der Waals surface area contributed by atoms with Crippen molar-refractivity contribution >= 4 is 221 Å². The Balaban J connectivity index is 0.00000384. The second-order valence-electron chi connectivity index (χ2n) is 11.5. The zero-order valence-electron chi connectivity index (χ0n) is 32.6. The smallest absolute Gasteiger partial charge is 0.387 e. The number of nitrogens with two attached hydrogens (primary N) is 2. The fraction of sp³-hybridized carbons (Fsp3) is 0.500. The molecule has 32 nitrogen and oxygen atoms in total. The van der Waals surface area contributed by atoms with Gasteiger partial charge in [-0.3, -0.25) is 18.2 Å². The number of fused-ring (bicyclic) bond motifs is 2. The first-order chi connectivity index (χ1) is 26.4. The third-order valence-electron chi connectivity index (χ3n) is 7.63. The van der Waals surface area contributed by atoms with Crippen molar-refractivity contribution in [2.24, 2.45) is 0 Å². The second kappa shape index (κ2) is 24.3. The first-order valence-electron chi connectivity index (χ1n) is 15.1. The number of hydrogen-bond acceptors (Lipinski definition) is 25. The molecule has 0 aromatic carbocycles. The maximum atomic E-state index is 12.4. The van der Waals surface area contributed by atoms with E-state index in [-0.39, 0.29) is 182 Å².